The number of aromatic nitrogens is 2. The summed E-state index contributed by atoms with van der Waals surface area (Å²) >= 11 is 0. The van der Waals surface area contributed by atoms with E-state index >= 15 is 0 Å². The number of nitrogens with zero attached hydrogens (tertiary/aromatic N) is 2. The molecule has 0 spiro atoms. The van der Waals surface area contributed by atoms with Crippen LogP contribution in [-0.4, -0.2) is 9.13 Å². The molecule has 252 valence electrons. The maximum atomic E-state index is 6.82. The van der Waals surface area contributed by atoms with Crippen LogP contribution in [0, 0.1) is 0 Å². The summed E-state index contributed by atoms with van der Waals surface area (Å²) < 4.78 is 18.0. The van der Waals surface area contributed by atoms with Gasteiger partial charge in [-0.2, -0.15) is 0 Å². The highest BCUT2D eigenvalue weighted by molar-refractivity contribution is 6.22. The van der Waals surface area contributed by atoms with Crippen molar-refractivity contribution >= 4 is 76.7 Å². The first kappa shape index (κ1) is 29.3. The Hall–Kier alpha value is -7.30. The van der Waals surface area contributed by atoms with Crippen LogP contribution in [0.1, 0.15) is 0 Å². The lowest BCUT2D eigenvalue weighted by Crippen LogP contribution is -1.93. The SMILES string of the molecule is c1ccc(-n2c3ccccc3c3cc(-c4ccc(-c5ccc6c(c5)c5c7ccccc7oc5n6-c5ccccc5)c5oc6ccccc6c45)ccc32)cc1. The molecule has 0 unspecified atom stereocenters. The van der Waals surface area contributed by atoms with Gasteiger partial charge in [0.15, 0.2) is 0 Å². The minimum Gasteiger partial charge on any atom is -0.455 e. The normalized spacial score (nSPS) is 12.1. The topological polar surface area (TPSA) is 36.1 Å². The molecule has 4 heterocycles. The predicted molar refractivity (Wildman–Crippen MR) is 223 cm³/mol. The van der Waals surface area contributed by atoms with Crippen molar-refractivity contribution in [2.45, 2.75) is 0 Å². The Balaban J connectivity index is 1.10. The molecule has 0 aliphatic carbocycles. The second-order valence-electron chi connectivity index (χ2n) is 14.1. The standard InChI is InChI=1S/C50H30N2O2/c1-3-13-33(14-4-1)51-42-20-10-7-17-37(42)40-29-31(23-27-43(40)51)35-25-26-36(49-47(35)38-18-8-11-21-45(38)53-49)32-24-28-44-41(30-32)48-39-19-9-12-22-46(39)54-50(48)52(44)34-15-5-2-6-16-34/h1-30H. The van der Waals surface area contributed by atoms with Crippen molar-refractivity contribution in [2.24, 2.45) is 0 Å². The quantitative estimate of drug-likeness (QED) is 0.184. The molecule has 4 nitrogen and oxygen atoms in total. The van der Waals surface area contributed by atoms with E-state index in [1.807, 2.05) is 24.3 Å². The molecule has 4 heteroatoms. The number of furan rings is 2. The van der Waals surface area contributed by atoms with Crippen molar-refractivity contribution in [3.63, 3.8) is 0 Å². The summed E-state index contributed by atoms with van der Waals surface area (Å²) in [5, 5.41) is 8.05. The van der Waals surface area contributed by atoms with Crippen LogP contribution in [0.2, 0.25) is 0 Å². The van der Waals surface area contributed by atoms with Gasteiger partial charge in [-0.25, -0.2) is 0 Å². The Labute approximate surface area is 309 Å². The van der Waals surface area contributed by atoms with Gasteiger partial charge in [0.1, 0.15) is 16.7 Å². The predicted octanol–water partition coefficient (Wildman–Crippen LogP) is 13.9. The van der Waals surface area contributed by atoms with Gasteiger partial charge >= 0.3 is 0 Å². The maximum absolute atomic E-state index is 6.82. The Kier molecular flexibility index (Phi) is 6.02. The first-order chi connectivity index (χ1) is 26.8. The Bertz CT molecular complexity index is 3430. The second kappa shape index (κ2) is 11.1. The van der Waals surface area contributed by atoms with Crippen molar-refractivity contribution in [1.29, 1.82) is 0 Å². The fourth-order valence-corrected chi connectivity index (χ4v) is 8.78. The van der Waals surface area contributed by atoms with Gasteiger partial charge in [0.05, 0.1) is 21.9 Å². The van der Waals surface area contributed by atoms with E-state index in [9.17, 15) is 0 Å². The highest BCUT2D eigenvalue weighted by Gasteiger charge is 2.22. The molecule has 0 aliphatic rings. The van der Waals surface area contributed by atoms with Crippen molar-refractivity contribution in [3.8, 4) is 33.6 Å². The molecule has 0 saturated heterocycles. The van der Waals surface area contributed by atoms with Crippen molar-refractivity contribution in [1.82, 2.24) is 9.13 Å². The maximum Gasteiger partial charge on any atom is 0.213 e. The number of rotatable bonds is 4. The van der Waals surface area contributed by atoms with Gasteiger partial charge in [-0.15, -0.1) is 0 Å². The largest absolute Gasteiger partial charge is 0.455 e. The van der Waals surface area contributed by atoms with Crippen LogP contribution in [-0.2, 0) is 0 Å². The number of para-hydroxylation sites is 5. The zero-order valence-corrected chi connectivity index (χ0v) is 29.0. The van der Waals surface area contributed by atoms with Gasteiger partial charge in [0, 0.05) is 49.3 Å². The summed E-state index contributed by atoms with van der Waals surface area (Å²) in [5.41, 5.74) is 13.7. The average molecular weight is 691 g/mol. The van der Waals surface area contributed by atoms with Crippen LogP contribution in [0.3, 0.4) is 0 Å². The molecule has 0 atom stereocenters. The van der Waals surface area contributed by atoms with Crippen LogP contribution in [0.4, 0.5) is 0 Å². The third-order valence-corrected chi connectivity index (χ3v) is 11.1. The first-order valence-corrected chi connectivity index (χ1v) is 18.3. The van der Waals surface area contributed by atoms with Gasteiger partial charge in [0.25, 0.3) is 0 Å². The lowest BCUT2D eigenvalue weighted by molar-refractivity contribution is 0.645. The van der Waals surface area contributed by atoms with Gasteiger partial charge in [-0.3, -0.25) is 4.57 Å². The molecule has 12 rings (SSSR count). The molecule has 0 amide bonds. The van der Waals surface area contributed by atoms with Crippen molar-refractivity contribution < 1.29 is 8.83 Å². The van der Waals surface area contributed by atoms with Crippen LogP contribution in [0.5, 0.6) is 0 Å². The van der Waals surface area contributed by atoms with Gasteiger partial charge in [-0.1, -0.05) is 109 Å². The van der Waals surface area contributed by atoms with Crippen LogP contribution < -0.4 is 0 Å². The second-order valence-corrected chi connectivity index (χ2v) is 14.1. The molecule has 12 aromatic rings. The lowest BCUT2D eigenvalue weighted by atomic mass is 9.93. The fraction of sp³-hybridized carbons (Fsp3) is 0. The molecule has 4 aromatic heterocycles. The first-order valence-electron chi connectivity index (χ1n) is 18.3. The lowest BCUT2D eigenvalue weighted by Gasteiger charge is -2.11. The van der Waals surface area contributed by atoms with Crippen molar-refractivity contribution in [3.05, 3.63) is 182 Å². The van der Waals surface area contributed by atoms with E-state index in [0.717, 1.165) is 88.5 Å². The molecule has 54 heavy (non-hydrogen) atoms. The molecule has 8 aromatic carbocycles. The monoisotopic (exact) mass is 690 g/mol. The number of hydrogen-bond acceptors (Lipinski definition) is 2. The Morgan fingerprint density at radius 3 is 1.59 bits per heavy atom. The minimum atomic E-state index is 0.850. The number of fused-ring (bicyclic) bond motifs is 11. The van der Waals surface area contributed by atoms with Gasteiger partial charge in [-0.05, 0) is 89.5 Å². The summed E-state index contributed by atoms with van der Waals surface area (Å²) in [7, 11) is 0. The van der Waals surface area contributed by atoms with E-state index in [1.54, 1.807) is 0 Å². The molecular formula is C50H30N2O2. The highest BCUT2D eigenvalue weighted by Crippen LogP contribution is 2.45. The number of hydrogen-bond donors (Lipinski definition) is 0. The van der Waals surface area contributed by atoms with E-state index in [0.29, 0.717) is 0 Å². The molecular weight excluding hydrogens is 661 g/mol. The zero-order valence-electron chi connectivity index (χ0n) is 29.0. The van der Waals surface area contributed by atoms with Crippen LogP contribution in [0.25, 0.3) is 110 Å². The zero-order chi connectivity index (χ0) is 35.3. The van der Waals surface area contributed by atoms with E-state index in [2.05, 4.69) is 167 Å². The van der Waals surface area contributed by atoms with E-state index in [4.69, 9.17) is 8.83 Å². The summed E-state index contributed by atoms with van der Waals surface area (Å²) in [4.78, 5) is 0. The van der Waals surface area contributed by atoms with Crippen LogP contribution in [0.15, 0.2) is 191 Å². The molecule has 0 bridgehead atoms. The van der Waals surface area contributed by atoms with E-state index in [1.165, 1.54) is 21.8 Å². The average Bonchev–Trinajstić information content (AvgIpc) is 3.98. The molecule has 0 aliphatic heterocycles. The summed E-state index contributed by atoms with van der Waals surface area (Å²) in [6.45, 7) is 0. The van der Waals surface area contributed by atoms with Gasteiger partial charge in [0.2, 0.25) is 5.71 Å². The summed E-state index contributed by atoms with van der Waals surface area (Å²) in [6, 6.07) is 64.6. The minimum absolute atomic E-state index is 0.850. The third kappa shape index (κ3) is 4.08. The summed E-state index contributed by atoms with van der Waals surface area (Å²) in [6.07, 6.45) is 0. The number of benzene rings is 8. The fourth-order valence-electron chi connectivity index (χ4n) is 8.78. The van der Waals surface area contributed by atoms with Crippen molar-refractivity contribution in [2.75, 3.05) is 0 Å². The molecule has 0 radical (unpaired) electrons. The molecule has 0 fully saturated rings. The Morgan fingerprint density at radius 1 is 0.333 bits per heavy atom. The summed E-state index contributed by atoms with van der Waals surface area (Å²) in [5.74, 6) is 0. The van der Waals surface area contributed by atoms with Crippen LogP contribution >= 0.6 is 0 Å². The van der Waals surface area contributed by atoms with E-state index < -0.39 is 0 Å². The molecule has 0 N–H and O–H groups in total. The third-order valence-electron chi connectivity index (χ3n) is 11.1. The molecule has 0 saturated carbocycles. The highest BCUT2D eigenvalue weighted by atomic mass is 16.3. The van der Waals surface area contributed by atoms with Gasteiger partial charge < -0.3 is 13.4 Å². The Morgan fingerprint density at radius 2 is 0.852 bits per heavy atom. The van der Waals surface area contributed by atoms with E-state index in [-0.39, 0.29) is 0 Å². The smallest absolute Gasteiger partial charge is 0.213 e.